The maximum absolute atomic E-state index is 5.44. The van der Waals surface area contributed by atoms with Crippen molar-refractivity contribution in [2.45, 2.75) is 33.4 Å². The van der Waals surface area contributed by atoms with Crippen LogP contribution in [0.15, 0.2) is 60.8 Å². The number of hydrogen-bond acceptors (Lipinski definition) is 3. The predicted octanol–water partition coefficient (Wildman–Crippen LogP) is 5.27. The first-order valence-electron chi connectivity index (χ1n) is 10.5. The summed E-state index contributed by atoms with van der Waals surface area (Å²) >= 11 is 0. The van der Waals surface area contributed by atoms with Gasteiger partial charge in [0, 0.05) is 36.9 Å². The Morgan fingerprint density at radius 2 is 1.83 bits per heavy atom. The zero-order valence-electron chi connectivity index (χ0n) is 17.9. The molecular formula is C26H27N3O. The highest BCUT2D eigenvalue weighted by Gasteiger charge is 2.22. The molecule has 4 aromatic rings. The molecule has 0 radical (unpaired) electrons. The number of rotatable bonds is 4. The number of methoxy groups -OCH3 is 1. The third-order valence-electron chi connectivity index (χ3n) is 6.43. The van der Waals surface area contributed by atoms with Crippen LogP contribution in [0.4, 0.5) is 5.82 Å². The Labute approximate surface area is 177 Å². The molecule has 0 fully saturated rings. The second-order valence-corrected chi connectivity index (χ2v) is 8.12. The van der Waals surface area contributed by atoms with Crippen LogP contribution in [-0.4, -0.2) is 23.2 Å². The number of aryl methyl sites for hydroxylation is 1. The lowest BCUT2D eigenvalue weighted by Gasteiger charge is -2.30. The van der Waals surface area contributed by atoms with E-state index in [1.807, 2.05) is 12.3 Å². The van der Waals surface area contributed by atoms with Crippen LogP contribution in [0.5, 0.6) is 5.75 Å². The molecule has 152 valence electrons. The average Bonchev–Trinajstić information content (AvgIpc) is 3.04. The molecule has 2 aromatic carbocycles. The van der Waals surface area contributed by atoms with E-state index in [0.717, 1.165) is 37.6 Å². The predicted molar refractivity (Wildman–Crippen MR) is 122 cm³/mol. The molecule has 30 heavy (non-hydrogen) atoms. The first-order chi connectivity index (χ1) is 14.7. The van der Waals surface area contributed by atoms with Gasteiger partial charge in [0.1, 0.15) is 5.75 Å². The summed E-state index contributed by atoms with van der Waals surface area (Å²) in [5.41, 5.74) is 7.94. The maximum atomic E-state index is 5.44. The molecule has 0 unspecified atom stereocenters. The SMILES string of the molecule is COc1cccc(Cn2c(C)c(C)c3ccnc(N4CCc5ccccc5C4)c32)c1. The van der Waals surface area contributed by atoms with Crippen molar-refractivity contribution in [3.8, 4) is 5.75 Å². The second kappa shape index (κ2) is 7.52. The fraction of sp³-hybridized carbons (Fsp3) is 0.269. The zero-order chi connectivity index (χ0) is 20.7. The second-order valence-electron chi connectivity index (χ2n) is 8.12. The van der Waals surface area contributed by atoms with E-state index in [-0.39, 0.29) is 0 Å². The number of hydrogen-bond donors (Lipinski definition) is 0. The topological polar surface area (TPSA) is 30.3 Å². The number of nitrogens with zero attached hydrogens (tertiary/aromatic N) is 3. The minimum absolute atomic E-state index is 0.802. The highest BCUT2D eigenvalue weighted by atomic mass is 16.5. The smallest absolute Gasteiger partial charge is 0.153 e. The molecule has 0 saturated carbocycles. The first-order valence-corrected chi connectivity index (χ1v) is 10.5. The number of ether oxygens (including phenoxy) is 1. The molecule has 4 nitrogen and oxygen atoms in total. The van der Waals surface area contributed by atoms with E-state index in [2.05, 4.69) is 71.8 Å². The van der Waals surface area contributed by atoms with E-state index in [4.69, 9.17) is 9.72 Å². The summed E-state index contributed by atoms with van der Waals surface area (Å²) in [6.07, 6.45) is 3.02. The van der Waals surface area contributed by atoms with E-state index < -0.39 is 0 Å². The van der Waals surface area contributed by atoms with Crippen molar-refractivity contribution in [2.75, 3.05) is 18.6 Å². The molecule has 0 atom stereocenters. The largest absolute Gasteiger partial charge is 0.497 e. The number of fused-ring (bicyclic) bond motifs is 2. The summed E-state index contributed by atoms with van der Waals surface area (Å²) in [4.78, 5) is 7.31. The van der Waals surface area contributed by atoms with Gasteiger partial charge in [0.25, 0.3) is 0 Å². The van der Waals surface area contributed by atoms with Crippen molar-refractivity contribution in [1.29, 1.82) is 0 Å². The average molecular weight is 398 g/mol. The third-order valence-corrected chi connectivity index (χ3v) is 6.43. The summed E-state index contributed by atoms with van der Waals surface area (Å²) in [7, 11) is 1.72. The van der Waals surface area contributed by atoms with E-state index in [1.54, 1.807) is 7.11 Å². The van der Waals surface area contributed by atoms with Gasteiger partial charge in [0.2, 0.25) is 0 Å². The molecule has 0 saturated heterocycles. The van der Waals surface area contributed by atoms with Crippen LogP contribution in [0, 0.1) is 13.8 Å². The maximum Gasteiger partial charge on any atom is 0.153 e. The number of pyridine rings is 1. The third kappa shape index (κ3) is 3.13. The van der Waals surface area contributed by atoms with Gasteiger partial charge in [-0.15, -0.1) is 0 Å². The van der Waals surface area contributed by atoms with Crippen molar-refractivity contribution in [2.24, 2.45) is 0 Å². The molecule has 2 aromatic heterocycles. The van der Waals surface area contributed by atoms with E-state index >= 15 is 0 Å². The van der Waals surface area contributed by atoms with Crippen LogP contribution in [0.25, 0.3) is 10.9 Å². The molecule has 0 N–H and O–H groups in total. The van der Waals surface area contributed by atoms with Gasteiger partial charge in [-0.1, -0.05) is 36.4 Å². The van der Waals surface area contributed by atoms with Gasteiger partial charge >= 0.3 is 0 Å². The minimum atomic E-state index is 0.802. The van der Waals surface area contributed by atoms with Crippen molar-refractivity contribution in [1.82, 2.24) is 9.55 Å². The van der Waals surface area contributed by atoms with Crippen molar-refractivity contribution in [3.63, 3.8) is 0 Å². The van der Waals surface area contributed by atoms with Gasteiger partial charge < -0.3 is 14.2 Å². The molecule has 4 heteroatoms. The lowest BCUT2D eigenvalue weighted by Crippen LogP contribution is -2.31. The van der Waals surface area contributed by atoms with Crippen LogP contribution in [0.2, 0.25) is 0 Å². The van der Waals surface area contributed by atoms with Gasteiger partial charge in [-0.2, -0.15) is 0 Å². The lowest BCUT2D eigenvalue weighted by atomic mass is 10.00. The minimum Gasteiger partial charge on any atom is -0.497 e. The highest BCUT2D eigenvalue weighted by molar-refractivity contribution is 5.93. The molecule has 0 aliphatic carbocycles. The molecule has 1 aliphatic heterocycles. The standard InChI is InChI=1S/C26H27N3O/c1-18-19(2)29(16-20-7-6-10-23(15-20)30-3)25-24(18)11-13-27-26(25)28-14-12-21-8-4-5-9-22(21)17-28/h4-11,13,15H,12,14,16-17H2,1-3H3. The van der Waals surface area contributed by atoms with E-state index in [9.17, 15) is 0 Å². The number of benzene rings is 2. The lowest BCUT2D eigenvalue weighted by molar-refractivity contribution is 0.414. The fourth-order valence-electron chi connectivity index (χ4n) is 4.64. The van der Waals surface area contributed by atoms with Crippen LogP contribution in [0.1, 0.15) is 27.9 Å². The Morgan fingerprint density at radius 3 is 2.67 bits per heavy atom. The van der Waals surface area contributed by atoms with Crippen LogP contribution in [-0.2, 0) is 19.5 Å². The monoisotopic (exact) mass is 397 g/mol. The van der Waals surface area contributed by atoms with Gasteiger partial charge in [0.15, 0.2) is 5.82 Å². The zero-order valence-corrected chi connectivity index (χ0v) is 17.9. The highest BCUT2D eigenvalue weighted by Crippen LogP contribution is 2.34. The Kier molecular flexibility index (Phi) is 4.70. The Balaban J connectivity index is 1.61. The first kappa shape index (κ1) is 18.7. The van der Waals surface area contributed by atoms with Crippen LogP contribution < -0.4 is 9.64 Å². The summed E-state index contributed by atoms with van der Waals surface area (Å²) < 4.78 is 7.86. The molecule has 5 rings (SSSR count). The normalized spacial score (nSPS) is 13.5. The summed E-state index contributed by atoms with van der Waals surface area (Å²) in [6.45, 7) is 7.13. The number of aromatic nitrogens is 2. The van der Waals surface area contributed by atoms with Crippen LogP contribution >= 0.6 is 0 Å². The van der Waals surface area contributed by atoms with Crippen molar-refractivity contribution >= 4 is 16.7 Å². The molecule has 0 spiro atoms. The quantitative estimate of drug-likeness (QED) is 0.470. The van der Waals surface area contributed by atoms with E-state index in [0.29, 0.717) is 0 Å². The Hall–Kier alpha value is -3.27. The molecular weight excluding hydrogens is 370 g/mol. The van der Waals surface area contributed by atoms with Crippen LogP contribution in [0.3, 0.4) is 0 Å². The van der Waals surface area contributed by atoms with Gasteiger partial charge in [-0.3, -0.25) is 0 Å². The summed E-state index contributed by atoms with van der Waals surface area (Å²) in [5, 5.41) is 1.29. The van der Waals surface area contributed by atoms with Crippen molar-refractivity contribution in [3.05, 3.63) is 88.7 Å². The van der Waals surface area contributed by atoms with Crippen molar-refractivity contribution < 1.29 is 4.74 Å². The fourth-order valence-corrected chi connectivity index (χ4v) is 4.64. The van der Waals surface area contributed by atoms with Gasteiger partial charge in [-0.05, 0) is 60.7 Å². The molecule has 3 heterocycles. The Bertz CT molecular complexity index is 1220. The Morgan fingerprint density at radius 1 is 1.00 bits per heavy atom. The van der Waals surface area contributed by atoms with E-state index in [1.165, 1.54) is 38.9 Å². The summed E-state index contributed by atoms with van der Waals surface area (Å²) in [5.74, 6) is 1.98. The molecule has 0 bridgehead atoms. The molecule has 0 amide bonds. The summed E-state index contributed by atoms with van der Waals surface area (Å²) in [6, 6.07) is 19.3. The number of anilines is 1. The van der Waals surface area contributed by atoms with Gasteiger partial charge in [0.05, 0.1) is 12.6 Å². The molecule has 1 aliphatic rings. The van der Waals surface area contributed by atoms with Gasteiger partial charge in [-0.25, -0.2) is 4.98 Å².